The number of urea groups is 1. The highest BCUT2D eigenvalue weighted by atomic mass is 16.5. The number of pyridine rings is 1. The lowest BCUT2D eigenvalue weighted by molar-refractivity contribution is -0.0135. The van der Waals surface area contributed by atoms with Gasteiger partial charge in [-0.05, 0) is 19.1 Å². The van der Waals surface area contributed by atoms with Gasteiger partial charge in [-0.3, -0.25) is 10.00 Å². The molecule has 116 valence electrons. The van der Waals surface area contributed by atoms with E-state index in [0.717, 1.165) is 11.3 Å². The van der Waals surface area contributed by atoms with Gasteiger partial charge < -0.3 is 9.64 Å². The van der Waals surface area contributed by atoms with Crippen LogP contribution < -0.4 is 5.32 Å². The Morgan fingerprint density at radius 2 is 2.32 bits per heavy atom. The number of anilines is 1. The van der Waals surface area contributed by atoms with E-state index in [1.54, 1.807) is 21.8 Å². The van der Waals surface area contributed by atoms with Crippen LogP contribution in [0.4, 0.5) is 10.6 Å². The molecule has 7 heteroatoms. The minimum Gasteiger partial charge on any atom is -0.370 e. The van der Waals surface area contributed by atoms with Crippen molar-refractivity contribution >= 4 is 11.8 Å². The number of hydrogen-bond donors (Lipinski definition) is 1. The third-order valence-corrected chi connectivity index (χ3v) is 3.57. The van der Waals surface area contributed by atoms with Crippen molar-refractivity contribution in [1.82, 2.24) is 19.7 Å². The Morgan fingerprint density at radius 1 is 1.45 bits per heavy atom. The molecule has 3 heterocycles. The number of rotatable bonds is 2. The molecule has 2 aromatic heterocycles. The molecular weight excluding hydrogens is 282 g/mol. The first kappa shape index (κ1) is 14.5. The predicted octanol–water partition coefficient (Wildman–Crippen LogP) is 1.73. The second kappa shape index (κ2) is 6.15. The highest BCUT2D eigenvalue weighted by molar-refractivity contribution is 5.88. The number of aryl methyl sites for hydroxylation is 2. The number of nitrogens with zero attached hydrogens (tertiary/aromatic N) is 4. The minimum absolute atomic E-state index is 0.140. The molecule has 22 heavy (non-hydrogen) atoms. The van der Waals surface area contributed by atoms with Gasteiger partial charge in [0.25, 0.3) is 0 Å². The van der Waals surface area contributed by atoms with Gasteiger partial charge in [0.15, 0.2) is 0 Å². The summed E-state index contributed by atoms with van der Waals surface area (Å²) in [4.78, 5) is 18.4. The SMILES string of the molecule is Cc1cccc(NC(=O)N2CCOC(c3cnn(C)c3)C2)n1. The molecule has 0 spiro atoms. The molecule has 0 aliphatic carbocycles. The fraction of sp³-hybridized carbons (Fsp3) is 0.400. The van der Waals surface area contributed by atoms with Crippen LogP contribution in [0, 0.1) is 6.92 Å². The van der Waals surface area contributed by atoms with Gasteiger partial charge in [-0.25, -0.2) is 9.78 Å². The smallest absolute Gasteiger partial charge is 0.323 e. The lowest BCUT2D eigenvalue weighted by atomic mass is 10.1. The van der Waals surface area contributed by atoms with E-state index in [1.807, 2.05) is 32.3 Å². The van der Waals surface area contributed by atoms with Crippen molar-refractivity contribution in [3.05, 3.63) is 41.9 Å². The van der Waals surface area contributed by atoms with E-state index in [0.29, 0.717) is 25.5 Å². The van der Waals surface area contributed by atoms with Crippen LogP contribution in [0.5, 0.6) is 0 Å². The Hall–Kier alpha value is -2.41. The molecule has 1 unspecified atom stereocenters. The van der Waals surface area contributed by atoms with Crippen molar-refractivity contribution in [1.29, 1.82) is 0 Å². The van der Waals surface area contributed by atoms with Crippen LogP contribution in [0.3, 0.4) is 0 Å². The van der Waals surface area contributed by atoms with Gasteiger partial charge >= 0.3 is 6.03 Å². The summed E-state index contributed by atoms with van der Waals surface area (Å²) < 4.78 is 7.47. The molecule has 1 fully saturated rings. The van der Waals surface area contributed by atoms with Gasteiger partial charge in [-0.15, -0.1) is 0 Å². The first-order valence-electron chi connectivity index (χ1n) is 7.21. The van der Waals surface area contributed by atoms with Crippen LogP contribution in [-0.4, -0.2) is 45.4 Å². The largest absolute Gasteiger partial charge is 0.370 e. The quantitative estimate of drug-likeness (QED) is 0.917. The number of aromatic nitrogens is 3. The van der Waals surface area contributed by atoms with Gasteiger partial charge in [0.1, 0.15) is 11.9 Å². The molecule has 1 N–H and O–H groups in total. The summed E-state index contributed by atoms with van der Waals surface area (Å²) >= 11 is 0. The molecule has 2 amide bonds. The number of hydrogen-bond acceptors (Lipinski definition) is 4. The fourth-order valence-corrected chi connectivity index (χ4v) is 2.44. The van der Waals surface area contributed by atoms with Crippen LogP contribution in [0.1, 0.15) is 17.4 Å². The average Bonchev–Trinajstić information content (AvgIpc) is 2.94. The maximum atomic E-state index is 12.4. The molecule has 0 aromatic carbocycles. The van der Waals surface area contributed by atoms with E-state index in [9.17, 15) is 4.79 Å². The van der Waals surface area contributed by atoms with E-state index >= 15 is 0 Å². The van der Waals surface area contributed by atoms with Crippen LogP contribution in [-0.2, 0) is 11.8 Å². The van der Waals surface area contributed by atoms with Crippen LogP contribution in [0.2, 0.25) is 0 Å². The minimum atomic E-state index is -0.157. The van der Waals surface area contributed by atoms with E-state index in [2.05, 4.69) is 15.4 Å². The molecule has 1 aliphatic rings. The summed E-state index contributed by atoms with van der Waals surface area (Å²) in [5.74, 6) is 0.564. The zero-order chi connectivity index (χ0) is 15.5. The van der Waals surface area contributed by atoms with Crippen LogP contribution in [0.25, 0.3) is 0 Å². The second-order valence-electron chi connectivity index (χ2n) is 5.35. The van der Waals surface area contributed by atoms with Gasteiger partial charge in [-0.2, -0.15) is 5.10 Å². The average molecular weight is 301 g/mol. The monoisotopic (exact) mass is 301 g/mol. The Morgan fingerprint density at radius 3 is 3.05 bits per heavy atom. The first-order chi connectivity index (χ1) is 10.6. The summed E-state index contributed by atoms with van der Waals surface area (Å²) in [5, 5.41) is 6.98. The topological polar surface area (TPSA) is 72.3 Å². The Kier molecular flexibility index (Phi) is 4.06. The van der Waals surface area contributed by atoms with E-state index < -0.39 is 0 Å². The standard InChI is InChI=1S/C15H19N5O2/c1-11-4-3-5-14(17-11)18-15(21)20-6-7-22-13(10-20)12-8-16-19(2)9-12/h3-5,8-9,13H,6-7,10H2,1-2H3,(H,17,18,21). The maximum Gasteiger partial charge on any atom is 0.323 e. The highest BCUT2D eigenvalue weighted by Crippen LogP contribution is 2.22. The highest BCUT2D eigenvalue weighted by Gasteiger charge is 2.26. The van der Waals surface area contributed by atoms with Crippen molar-refractivity contribution in [3.63, 3.8) is 0 Å². The lowest BCUT2D eigenvalue weighted by Gasteiger charge is -2.32. The van der Waals surface area contributed by atoms with Gasteiger partial charge in [-0.1, -0.05) is 6.07 Å². The third-order valence-electron chi connectivity index (χ3n) is 3.57. The molecule has 7 nitrogen and oxygen atoms in total. The molecule has 0 bridgehead atoms. The van der Waals surface area contributed by atoms with Crippen molar-refractivity contribution in [2.24, 2.45) is 7.05 Å². The molecule has 2 aromatic rings. The van der Waals surface area contributed by atoms with Crippen molar-refractivity contribution < 1.29 is 9.53 Å². The molecule has 0 saturated carbocycles. The van der Waals surface area contributed by atoms with E-state index in [4.69, 9.17) is 4.74 Å². The normalized spacial score (nSPS) is 18.3. The summed E-state index contributed by atoms with van der Waals surface area (Å²) in [5.41, 5.74) is 1.85. The molecule has 3 rings (SSSR count). The van der Waals surface area contributed by atoms with Crippen LogP contribution in [0.15, 0.2) is 30.6 Å². The second-order valence-corrected chi connectivity index (χ2v) is 5.35. The predicted molar refractivity (Wildman–Crippen MR) is 81.5 cm³/mol. The first-order valence-corrected chi connectivity index (χ1v) is 7.21. The number of carbonyl (C=O) groups excluding carboxylic acids is 1. The lowest BCUT2D eigenvalue weighted by Crippen LogP contribution is -2.44. The summed E-state index contributed by atoms with van der Waals surface area (Å²) in [6, 6.07) is 5.39. The summed E-state index contributed by atoms with van der Waals surface area (Å²) in [7, 11) is 1.86. The van der Waals surface area contributed by atoms with Crippen molar-refractivity contribution in [2.45, 2.75) is 13.0 Å². The summed E-state index contributed by atoms with van der Waals surface area (Å²) in [6.07, 6.45) is 3.54. The zero-order valence-corrected chi connectivity index (χ0v) is 12.7. The number of amides is 2. The van der Waals surface area contributed by atoms with Crippen molar-refractivity contribution in [2.75, 3.05) is 25.0 Å². The van der Waals surface area contributed by atoms with Gasteiger partial charge in [0.05, 0.1) is 19.3 Å². The number of nitrogens with one attached hydrogen (secondary N) is 1. The Bertz CT molecular complexity index is 669. The summed E-state index contributed by atoms with van der Waals surface area (Å²) in [6.45, 7) is 3.47. The molecule has 1 saturated heterocycles. The Labute approximate surface area is 128 Å². The Balaban J connectivity index is 1.65. The molecular formula is C15H19N5O2. The van der Waals surface area contributed by atoms with Crippen molar-refractivity contribution in [3.8, 4) is 0 Å². The number of morpholine rings is 1. The number of carbonyl (C=O) groups is 1. The van der Waals surface area contributed by atoms with Gasteiger partial charge in [0.2, 0.25) is 0 Å². The molecule has 1 atom stereocenters. The number of ether oxygens (including phenoxy) is 1. The zero-order valence-electron chi connectivity index (χ0n) is 12.7. The van der Waals surface area contributed by atoms with Gasteiger partial charge in [0, 0.05) is 31.0 Å². The van der Waals surface area contributed by atoms with E-state index in [1.165, 1.54) is 0 Å². The van der Waals surface area contributed by atoms with Crippen LogP contribution >= 0.6 is 0 Å². The van der Waals surface area contributed by atoms with E-state index in [-0.39, 0.29) is 12.1 Å². The fourth-order valence-electron chi connectivity index (χ4n) is 2.44. The molecule has 1 aliphatic heterocycles. The molecule has 0 radical (unpaired) electrons. The third kappa shape index (κ3) is 3.25. The maximum absolute atomic E-state index is 12.4.